The highest BCUT2D eigenvalue weighted by Crippen LogP contribution is 2.07. The molecule has 0 aromatic rings. The fraction of sp³-hybridized carbons (Fsp3) is 1.00. The van der Waals surface area contributed by atoms with Gasteiger partial charge in [-0.25, -0.2) is 8.42 Å². The molecule has 12 heavy (non-hydrogen) atoms. The molecule has 0 spiro atoms. The Morgan fingerprint density at radius 2 is 2.17 bits per heavy atom. The Kier molecular flexibility index (Phi) is 3.53. The number of nitrogens with one attached hydrogen (secondary N) is 1. The van der Waals surface area contributed by atoms with Crippen LogP contribution in [0, 0.1) is 0 Å². The van der Waals surface area contributed by atoms with Gasteiger partial charge in [0.2, 0.25) is 0 Å². The summed E-state index contributed by atoms with van der Waals surface area (Å²) in [5.41, 5.74) is 0. The van der Waals surface area contributed by atoms with Gasteiger partial charge in [-0.2, -0.15) is 0 Å². The molecule has 0 aromatic heterocycles. The molecule has 72 valence electrons. The second-order valence-corrected chi connectivity index (χ2v) is 5.64. The molecule has 1 heterocycles. The van der Waals surface area contributed by atoms with Crippen LogP contribution in [0.15, 0.2) is 0 Å². The van der Waals surface area contributed by atoms with Crippen molar-refractivity contribution in [3.05, 3.63) is 0 Å². The number of sulfone groups is 1. The zero-order valence-electron chi connectivity index (χ0n) is 7.54. The van der Waals surface area contributed by atoms with Gasteiger partial charge < -0.3 is 5.32 Å². The molecule has 1 aliphatic rings. The van der Waals surface area contributed by atoms with Gasteiger partial charge in [0, 0.05) is 6.04 Å². The van der Waals surface area contributed by atoms with Crippen molar-refractivity contribution in [3.8, 4) is 0 Å². The van der Waals surface area contributed by atoms with Gasteiger partial charge in [-0.15, -0.1) is 0 Å². The van der Waals surface area contributed by atoms with Crippen LogP contribution >= 0.6 is 0 Å². The van der Waals surface area contributed by atoms with E-state index in [1.165, 1.54) is 0 Å². The summed E-state index contributed by atoms with van der Waals surface area (Å²) in [4.78, 5) is 0. The molecule has 1 rings (SSSR count). The van der Waals surface area contributed by atoms with Crippen LogP contribution in [0.5, 0.6) is 0 Å². The van der Waals surface area contributed by atoms with Crippen LogP contribution in [0.1, 0.15) is 26.2 Å². The minimum Gasteiger partial charge on any atom is -0.313 e. The third kappa shape index (κ3) is 3.11. The van der Waals surface area contributed by atoms with Crippen molar-refractivity contribution < 1.29 is 8.42 Å². The SMILES string of the molecule is CCCCS(=O)(=O)CC1CCN1. The van der Waals surface area contributed by atoms with Gasteiger partial charge in [-0.1, -0.05) is 13.3 Å². The lowest BCUT2D eigenvalue weighted by molar-refractivity contribution is 0.398. The smallest absolute Gasteiger partial charge is 0.151 e. The van der Waals surface area contributed by atoms with Crippen LogP contribution < -0.4 is 5.32 Å². The fourth-order valence-electron chi connectivity index (χ4n) is 1.24. The van der Waals surface area contributed by atoms with Crippen molar-refractivity contribution in [2.24, 2.45) is 0 Å². The first-order chi connectivity index (χ1) is 5.64. The topological polar surface area (TPSA) is 46.2 Å². The van der Waals surface area contributed by atoms with E-state index in [0.29, 0.717) is 11.5 Å². The van der Waals surface area contributed by atoms with Gasteiger partial charge in [0.25, 0.3) is 0 Å². The molecular weight excluding hydrogens is 174 g/mol. The van der Waals surface area contributed by atoms with E-state index in [1.54, 1.807) is 0 Å². The fourth-order valence-corrected chi connectivity index (χ4v) is 3.04. The predicted octanol–water partition coefficient (Wildman–Crippen LogP) is 0.563. The third-order valence-corrected chi connectivity index (χ3v) is 4.01. The molecule has 0 amide bonds. The largest absolute Gasteiger partial charge is 0.313 e. The summed E-state index contributed by atoms with van der Waals surface area (Å²) in [5, 5.41) is 3.10. The Balaban J connectivity index is 2.27. The van der Waals surface area contributed by atoms with Crippen LogP contribution in [0.25, 0.3) is 0 Å². The summed E-state index contributed by atoms with van der Waals surface area (Å²) in [6, 6.07) is 0.242. The normalized spacial score (nSPS) is 23.6. The van der Waals surface area contributed by atoms with Crippen LogP contribution in [0.2, 0.25) is 0 Å². The first kappa shape index (κ1) is 9.99. The van der Waals surface area contributed by atoms with Crippen molar-refractivity contribution in [2.45, 2.75) is 32.2 Å². The molecule has 1 aliphatic heterocycles. The monoisotopic (exact) mass is 191 g/mol. The summed E-state index contributed by atoms with van der Waals surface area (Å²) in [7, 11) is -2.77. The van der Waals surface area contributed by atoms with Crippen LogP contribution in [0.4, 0.5) is 0 Å². The maximum Gasteiger partial charge on any atom is 0.151 e. The average Bonchev–Trinajstić information content (AvgIpc) is 1.94. The Morgan fingerprint density at radius 3 is 2.58 bits per heavy atom. The molecule has 4 heteroatoms. The molecule has 1 N–H and O–H groups in total. The van der Waals surface area contributed by atoms with E-state index in [9.17, 15) is 8.42 Å². The Bertz CT molecular complexity index is 219. The zero-order chi connectivity index (χ0) is 9.03. The van der Waals surface area contributed by atoms with Gasteiger partial charge in [0.05, 0.1) is 11.5 Å². The molecule has 0 bridgehead atoms. The van der Waals surface area contributed by atoms with E-state index in [4.69, 9.17) is 0 Å². The third-order valence-electron chi connectivity index (χ3n) is 2.19. The lowest BCUT2D eigenvalue weighted by Crippen LogP contribution is -2.47. The van der Waals surface area contributed by atoms with Gasteiger partial charge in [0.1, 0.15) is 0 Å². The van der Waals surface area contributed by atoms with Crippen molar-refractivity contribution in [2.75, 3.05) is 18.1 Å². The summed E-state index contributed by atoms with van der Waals surface area (Å²) < 4.78 is 22.7. The maximum atomic E-state index is 11.4. The quantitative estimate of drug-likeness (QED) is 0.691. The minimum absolute atomic E-state index is 0.242. The number of hydrogen-bond donors (Lipinski definition) is 1. The highest BCUT2D eigenvalue weighted by Gasteiger charge is 2.23. The van der Waals surface area contributed by atoms with E-state index in [0.717, 1.165) is 25.8 Å². The van der Waals surface area contributed by atoms with Crippen molar-refractivity contribution in [1.29, 1.82) is 0 Å². The van der Waals surface area contributed by atoms with E-state index in [2.05, 4.69) is 5.32 Å². The summed E-state index contributed by atoms with van der Waals surface area (Å²) in [5.74, 6) is 0.703. The average molecular weight is 191 g/mol. The van der Waals surface area contributed by atoms with Crippen molar-refractivity contribution in [1.82, 2.24) is 5.32 Å². The summed E-state index contributed by atoms with van der Waals surface area (Å²) >= 11 is 0. The molecule has 1 saturated heterocycles. The zero-order valence-corrected chi connectivity index (χ0v) is 8.36. The molecule has 1 atom stereocenters. The van der Waals surface area contributed by atoms with Gasteiger partial charge in [0.15, 0.2) is 9.84 Å². The number of rotatable bonds is 5. The van der Waals surface area contributed by atoms with E-state index in [-0.39, 0.29) is 6.04 Å². The molecule has 0 aromatic carbocycles. The van der Waals surface area contributed by atoms with Gasteiger partial charge in [-0.3, -0.25) is 0 Å². The Labute approximate surface area is 74.5 Å². The molecule has 1 unspecified atom stereocenters. The Morgan fingerprint density at radius 1 is 1.50 bits per heavy atom. The van der Waals surface area contributed by atoms with Gasteiger partial charge in [-0.05, 0) is 19.4 Å². The van der Waals surface area contributed by atoms with Crippen molar-refractivity contribution >= 4 is 9.84 Å². The van der Waals surface area contributed by atoms with E-state index in [1.807, 2.05) is 6.92 Å². The highest BCUT2D eigenvalue weighted by atomic mass is 32.2. The highest BCUT2D eigenvalue weighted by molar-refractivity contribution is 7.91. The van der Waals surface area contributed by atoms with Crippen LogP contribution in [0.3, 0.4) is 0 Å². The summed E-state index contributed by atoms with van der Waals surface area (Å²) in [6.45, 7) is 2.99. The first-order valence-electron chi connectivity index (χ1n) is 4.58. The second kappa shape index (κ2) is 4.23. The first-order valence-corrected chi connectivity index (χ1v) is 6.40. The molecule has 0 saturated carbocycles. The van der Waals surface area contributed by atoms with E-state index < -0.39 is 9.84 Å². The molecule has 0 aliphatic carbocycles. The van der Waals surface area contributed by atoms with Gasteiger partial charge >= 0.3 is 0 Å². The van der Waals surface area contributed by atoms with Crippen molar-refractivity contribution in [3.63, 3.8) is 0 Å². The van der Waals surface area contributed by atoms with E-state index >= 15 is 0 Å². The minimum atomic E-state index is -2.77. The number of hydrogen-bond acceptors (Lipinski definition) is 3. The molecule has 1 fully saturated rings. The lowest BCUT2D eigenvalue weighted by atomic mass is 10.1. The molecule has 3 nitrogen and oxygen atoms in total. The number of unbranched alkanes of at least 4 members (excludes halogenated alkanes) is 1. The van der Waals surface area contributed by atoms with Crippen LogP contribution in [-0.4, -0.2) is 32.5 Å². The predicted molar refractivity (Wildman–Crippen MR) is 50.0 cm³/mol. The lowest BCUT2D eigenvalue weighted by Gasteiger charge is -2.27. The Hall–Kier alpha value is -0.0900. The second-order valence-electron chi connectivity index (χ2n) is 3.41. The maximum absolute atomic E-state index is 11.4. The molecular formula is C8H17NO2S. The summed E-state index contributed by atoms with van der Waals surface area (Å²) in [6.07, 6.45) is 2.78. The standard InChI is InChI=1S/C8H17NO2S/c1-2-3-6-12(10,11)7-8-4-5-9-8/h8-9H,2-7H2,1H3. The molecule has 0 radical (unpaired) electrons. The van der Waals surface area contributed by atoms with Crippen LogP contribution in [-0.2, 0) is 9.84 Å².